The van der Waals surface area contributed by atoms with Crippen LogP contribution in [0.2, 0.25) is 0 Å². The molecule has 2 N–H and O–H groups in total. The Balaban J connectivity index is 1.95. The lowest BCUT2D eigenvalue weighted by Crippen LogP contribution is -2.48. The minimum atomic E-state index is -1.04. The van der Waals surface area contributed by atoms with Gasteiger partial charge in [-0.15, -0.1) is 0 Å². The number of aliphatic carboxylic acids is 1. The van der Waals surface area contributed by atoms with Crippen LogP contribution in [-0.4, -0.2) is 46.2 Å². The van der Waals surface area contributed by atoms with Crippen molar-refractivity contribution in [1.82, 2.24) is 10.2 Å². The first kappa shape index (κ1) is 20.6. The Morgan fingerprint density at radius 3 is 2.48 bits per heavy atom. The highest BCUT2D eigenvalue weighted by molar-refractivity contribution is 5.92. The van der Waals surface area contributed by atoms with Crippen LogP contribution in [0, 0.1) is 0 Å². The number of carbonyl (C=O) groups is 3. The number of hydrogen-bond acceptors (Lipinski definition) is 4. The Hall–Kier alpha value is -3.09. The Bertz CT molecular complexity index is 934. The molecule has 1 saturated heterocycles. The maximum atomic E-state index is 13.3. The van der Waals surface area contributed by atoms with Gasteiger partial charge in [-0.1, -0.05) is 36.4 Å². The van der Waals surface area contributed by atoms with Crippen molar-refractivity contribution in [3.05, 3.63) is 48.0 Å². The van der Waals surface area contributed by atoms with Crippen molar-refractivity contribution in [2.24, 2.45) is 0 Å². The van der Waals surface area contributed by atoms with E-state index in [9.17, 15) is 19.5 Å². The maximum absolute atomic E-state index is 13.3. The Labute approximate surface area is 169 Å². The number of nitrogens with one attached hydrogen (secondary N) is 1. The fourth-order valence-electron chi connectivity index (χ4n) is 3.55. The van der Waals surface area contributed by atoms with E-state index in [-0.39, 0.29) is 0 Å². The van der Waals surface area contributed by atoms with Gasteiger partial charge >= 0.3 is 12.1 Å². The number of rotatable bonds is 4. The van der Waals surface area contributed by atoms with Crippen molar-refractivity contribution < 1.29 is 24.2 Å². The summed E-state index contributed by atoms with van der Waals surface area (Å²) < 4.78 is 5.33. The summed E-state index contributed by atoms with van der Waals surface area (Å²) in [6.07, 6.45) is 0.285. The van der Waals surface area contributed by atoms with Crippen molar-refractivity contribution in [2.75, 3.05) is 6.54 Å². The van der Waals surface area contributed by atoms with E-state index in [0.717, 1.165) is 10.8 Å². The molecule has 1 aliphatic rings. The predicted octanol–water partition coefficient (Wildman–Crippen LogP) is 3.48. The van der Waals surface area contributed by atoms with Crippen molar-refractivity contribution in [3.63, 3.8) is 0 Å². The van der Waals surface area contributed by atoms with Crippen molar-refractivity contribution in [3.8, 4) is 0 Å². The van der Waals surface area contributed by atoms with E-state index in [4.69, 9.17) is 4.74 Å². The zero-order valence-electron chi connectivity index (χ0n) is 16.8. The highest BCUT2D eigenvalue weighted by Gasteiger charge is 2.38. The number of likely N-dealkylation sites (tertiary alicyclic amines) is 1. The average Bonchev–Trinajstić information content (AvgIpc) is 3.14. The van der Waals surface area contributed by atoms with Crippen LogP contribution in [-0.2, 0) is 14.3 Å². The Morgan fingerprint density at radius 1 is 1.14 bits per heavy atom. The normalized spacial score (nSPS) is 17.8. The van der Waals surface area contributed by atoms with Crippen LogP contribution in [0.5, 0.6) is 0 Å². The van der Waals surface area contributed by atoms with Gasteiger partial charge in [-0.25, -0.2) is 9.59 Å². The van der Waals surface area contributed by atoms with Gasteiger partial charge < -0.3 is 20.1 Å². The summed E-state index contributed by atoms with van der Waals surface area (Å²) >= 11 is 0. The lowest BCUT2D eigenvalue weighted by atomic mass is 10.0. The molecule has 0 bridgehead atoms. The van der Waals surface area contributed by atoms with E-state index >= 15 is 0 Å². The molecule has 154 valence electrons. The van der Waals surface area contributed by atoms with Gasteiger partial charge in [0.15, 0.2) is 0 Å². The summed E-state index contributed by atoms with van der Waals surface area (Å²) in [4.78, 5) is 38.6. The van der Waals surface area contributed by atoms with E-state index in [1.54, 1.807) is 26.8 Å². The third kappa shape index (κ3) is 4.85. The van der Waals surface area contributed by atoms with Crippen LogP contribution in [0.4, 0.5) is 4.79 Å². The molecule has 2 amide bonds. The van der Waals surface area contributed by atoms with Crippen LogP contribution in [0.1, 0.15) is 45.2 Å². The number of carboxylic acids is 1. The van der Waals surface area contributed by atoms with Crippen molar-refractivity contribution >= 4 is 28.7 Å². The number of ether oxygens (including phenoxy) is 1. The number of nitrogens with zero attached hydrogens (tertiary/aromatic N) is 1. The molecule has 0 unspecified atom stereocenters. The topological polar surface area (TPSA) is 95.9 Å². The second kappa shape index (κ2) is 8.11. The molecule has 2 aromatic rings. The molecular weight excluding hydrogens is 372 g/mol. The van der Waals surface area contributed by atoms with Crippen LogP contribution >= 0.6 is 0 Å². The first-order chi connectivity index (χ1) is 13.7. The summed E-state index contributed by atoms with van der Waals surface area (Å²) in [7, 11) is 0. The zero-order valence-corrected chi connectivity index (χ0v) is 16.8. The van der Waals surface area contributed by atoms with Gasteiger partial charge in [0.2, 0.25) is 0 Å². The Kier molecular flexibility index (Phi) is 5.77. The van der Waals surface area contributed by atoms with Crippen molar-refractivity contribution in [1.29, 1.82) is 0 Å². The third-order valence-corrected chi connectivity index (χ3v) is 4.84. The van der Waals surface area contributed by atoms with Gasteiger partial charge in [-0.3, -0.25) is 4.79 Å². The Morgan fingerprint density at radius 2 is 1.83 bits per heavy atom. The lowest BCUT2D eigenvalue weighted by molar-refractivity contribution is -0.149. The van der Waals surface area contributed by atoms with Gasteiger partial charge in [0.1, 0.15) is 17.7 Å². The molecule has 0 saturated carbocycles. The molecule has 3 rings (SSSR count). The van der Waals surface area contributed by atoms with E-state index in [0.29, 0.717) is 24.9 Å². The molecule has 0 radical (unpaired) electrons. The smallest absolute Gasteiger partial charge is 0.408 e. The fourth-order valence-corrected chi connectivity index (χ4v) is 3.55. The van der Waals surface area contributed by atoms with Gasteiger partial charge in [-0.05, 0) is 56.0 Å². The molecule has 2 atom stereocenters. The van der Waals surface area contributed by atoms with Crippen molar-refractivity contribution in [2.45, 2.75) is 51.3 Å². The molecule has 1 fully saturated rings. The second-order valence-electron chi connectivity index (χ2n) is 8.21. The minimum Gasteiger partial charge on any atom is -0.480 e. The lowest BCUT2D eigenvalue weighted by Gasteiger charge is -2.28. The van der Waals surface area contributed by atoms with Crippen LogP contribution in [0.15, 0.2) is 42.5 Å². The molecule has 7 heteroatoms. The van der Waals surface area contributed by atoms with E-state index in [1.165, 1.54) is 4.90 Å². The average molecular weight is 398 g/mol. The first-order valence-electron chi connectivity index (χ1n) is 9.67. The molecule has 2 aromatic carbocycles. The fraction of sp³-hybridized carbons (Fsp3) is 0.409. The SMILES string of the molecule is CC(C)(C)OC(=O)N[C@@H](C(=O)N1CCC[C@H]1C(=O)O)c1ccc2ccccc2c1. The summed E-state index contributed by atoms with van der Waals surface area (Å²) in [6, 6.07) is 11.3. The molecule has 1 aliphatic heterocycles. The quantitative estimate of drug-likeness (QED) is 0.822. The molecule has 0 aromatic heterocycles. The number of hydrogen-bond donors (Lipinski definition) is 2. The monoisotopic (exact) mass is 398 g/mol. The van der Waals surface area contributed by atoms with Gasteiger partial charge in [0, 0.05) is 6.54 Å². The molecular formula is C22H26N2O5. The van der Waals surface area contributed by atoms with E-state index < -0.39 is 35.7 Å². The summed E-state index contributed by atoms with van der Waals surface area (Å²) in [5, 5.41) is 14.0. The third-order valence-electron chi connectivity index (χ3n) is 4.84. The molecule has 29 heavy (non-hydrogen) atoms. The van der Waals surface area contributed by atoms with Crippen LogP contribution < -0.4 is 5.32 Å². The van der Waals surface area contributed by atoms with Gasteiger partial charge in [0.25, 0.3) is 5.91 Å². The van der Waals surface area contributed by atoms with E-state index in [1.807, 2.05) is 36.4 Å². The van der Waals surface area contributed by atoms with Gasteiger partial charge in [0.05, 0.1) is 0 Å². The zero-order chi connectivity index (χ0) is 21.2. The largest absolute Gasteiger partial charge is 0.480 e. The number of alkyl carbamates (subject to hydrolysis) is 1. The second-order valence-corrected chi connectivity index (χ2v) is 8.21. The van der Waals surface area contributed by atoms with E-state index in [2.05, 4.69) is 5.32 Å². The molecule has 0 aliphatic carbocycles. The summed E-state index contributed by atoms with van der Waals surface area (Å²) in [6.45, 7) is 5.55. The number of carbonyl (C=O) groups excluding carboxylic acids is 2. The standard InChI is InChI=1S/C22H26N2O5/c1-22(2,3)29-21(28)23-18(19(25)24-12-6-9-17(24)20(26)27)16-11-10-14-7-4-5-8-15(14)13-16/h4-5,7-8,10-11,13,17-18H,6,9,12H2,1-3H3,(H,23,28)(H,26,27)/t17-,18+/m0/s1. The molecule has 7 nitrogen and oxygen atoms in total. The number of amides is 2. The number of carboxylic acid groups (broad SMARTS) is 1. The molecule has 1 heterocycles. The van der Waals surface area contributed by atoms with Crippen LogP contribution in [0.25, 0.3) is 10.8 Å². The number of benzene rings is 2. The first-order valence-corrected chi connectivity index (χ1v) is 9.67. The minimum absolute atomic E-state index is 0.343. The van der Waals surface area contributed by atoms with Crippen LogP contribution in [0.3, 0.4) is 0 Å². The highest BCUT2D eigenvalue weighted by Crippen LogP contribution is 2.26. The summed E-state index contributed by atoms with van der Waals surface area (Å²) in [5.41, 5.74) is -0.145. The molecule has 0 spiro atoms. The maximum Gasteiger partial charge on any atom is 0.408 e. The number of fused-ring (bicyclic) bond motifs is 1. The summed E-state index contributed by atoms with van der Waals surface area (Å²) in [5.74, 6) is -1.48. The predicted molar refractivity (Wildman–Crippen MR) is 108 cm³/mol. The highest BCUT2D eigenvalue weighted by atomic mass is 16.6. The van der Waals surface area contributed by atoms with Gasteiger partial charge in [-0.2, -0.15) is 0 Å².